The largest absolute Gasteiger partial charge is 0.507 e. The van der Waals surface area contributed by atoms with Crippen LogP contribution in [0, 0.1) is 0 Å². The average Bonchev–Trinajstić information content (AvgIpc) is 2.69. The lowest BCUT2D eigenvalue weighted by Gasteiger charge is -2.17. The lowest BCUT2D eigenvalue weighted by molar-refractivity contribution is -0.137. The zero-order valence-electron chi connectivity index (χ0n) is 16.4. The lowest BCUT2D eigenvalue weighted by Crippen LogP contribution is -2.14. The first-order valence-corrected chi connectivity index (χ1v) is 9.16. The third kappa shape index (κ3) is 5.76. The Bertz CT molecular complexity index is 867. The zero-order valence-corrected chi connectivity index (χ0v) is 16.4. The maximum Gasteiger partial charge on any atom is 0.416 e. The van der Waals surface area contributed by atoms with Gasteiger partial charge in [0.1, 0.15) is 17.1 Å². The van der Waals surface area contributed by atoms with Gasteiger partial charge in [-0.2, -0.15) is 13.2 Å². The van der Waals surface area contributed by atoms with Gasteiger partial charge in [0.25, 0.3) is 0 Å². The third-order valence-corrected chi connectivity index (χ3v) is 4.42. The Balaban J connectivity index is 2.41. The number of alkyl halides is 3. The standard InChI is InChI=1S/C22H23F3O4/c1-4-17(5-2)29-18-12-15(20(19(26)13-18)21(27)28-3)9-6-14-7-10-16(11-8-14)22(23,24)25/h6-13,17,26H,4-5H2,1-3H3. The van der Waals surface area contributed by atoms with Crippen LogP contribution >= 0.6 is 0 Å². The number of aromatic hydroxyl groups is 1. The summed E-state index contributed by atoms with van der Waals surface area (Å²) in [4.78, 5) is 12.1. The van der Waals surface area contributed by atoms with E-state index in [0.29, 0.717) is 16.9 Å². The molecule has 7 heteroatoms. The number of hydrogen-bond acceptors (Lipinski definition) is 4. The fourth-order valence-corrected chi connectivity index (χ4v) is 2.76. The van der Waals surface area contributed by atoms with Crippen molar-refractivity contribution in [3.63, 3.8) is 0 Å². The molecule has 0 radical (unpaired) electrons. The molecule has 0 heterocycles. The number of hydrogen-bond donors (Lipinski definition) is 1. The first kappa shape index (κ1) is 22.3. The Morgan fingerprint density at radius 3 is 2.24 bits per heavy atom. The third-order valence-electron chi connectivity index (χ3n) is 4.42. The summed E-state index contributed by atoms with van der Waals surface area (Å²) in [6.07, 6.45) is 0.147. The van der Waals surface area contributed by atoms with Crippen molar-refractivity contribution < 1.29 is 32.5 Å². The zero-order chi connectivity index (χ0) is 21.6. The van der Waals surface area contributed by atoms with Crippen LogP contribution in [0.1, 0.15) is 53.7 Å². The van der Waals surface area contributed by atoms with Crippen molar-refractivity contribution in [2.45, 2.75) is 39.0 Å². The summed E-state index contributed by atoms with van der Waals surface area (Å²) < 4.78 is 48.6. The number of carbonyl (C=O) groups is 1. The highest BCUT2D eigenvalue weighted by atomic mass is 19.4. The van der Waals surface area contributed by atoms with Gasteiger partial charge in [-0.05, 0) is 42.2 Å². The molecule has 0 aliphatic rings. The van der Waals surface area contributed by atoms with E-state index < -0.39 is 17.7 Å². The Labute approximate surface area is 167 Å². The maximum absolute atomic E-state index is 12.7. The fourth-order valence-electron chi connectivity index (χ4n) is 2.76. The molecule has 0 saturated heterocycles. The minimum absolute atomic E-state index is 0.0486. The molecule has 0 spiro atoms. The van der Waals surface area contributed by atoms with Crippen molar-refractivity contribution in [3.05, 3.63) is 58.7 Å². The van der Waals surface area contributed by atoms with E-state index in [0.717, 1.165) is 25.0 Å². The van der Waals surface area contributed by atoms with Gasteiger partial charge < -0.3 is 14.6 Å². The van der Waals surface area contributed by atoms with Gasteiger partial charge >= 0.3 is 12.1 Å². The quantitative estimate of drug-likeness (QED) is 0.455. The van der Waals surface area contributed by atoms with Crippen molar-refractivity contribution in [3.8, 4) is 11.5 Å². The van der Waals surface area contributed by atoms with Crippen molar-refractivity contribution in [1.29, 1.82) is 0 Å². The van der Waals surface area contributed by atoms with Crippen LogP contribution < -0.4 is 4.74 Å². The van der Waals surface area contributed by atoms with Gasteiger partial charge in [0.05, 0.1) is 18.8 Å². The normalized spacial score (nSPS) is 11.8. The van der Waals surface area contributed by atoms with Crippen molar-refractivity contribution >= 4 is 18.1 Å². The molecule has 0 aliphatic heterocycles. The van der Waals surface area contributed by atoms with Crippen LogP contribution in [0.15, 0.2) is 36.4 Å². The van der Waals surface area contributed by atoms with Gasteiger partial charge in [-0.1, -0.05) is 38.1 Å². The van der Waals surface area contributed by atoms with Crippen LogP contribution in [0.4, 0.5) is 13.2 Å². The summed E-state index contributed by atoms with van der Waals surface area (Å²) in [6.45, 7) is 3.95. The van der Waals surface area contributed by atoms with Crippen LogP contribution in [0.3, 0.4) is 0 Å². The molecule has 2 rings (SSSR count). The van der Waals surface area contributed by atoms with Crippen molar-refractivity contribution in [2.75, 3.05) is 7.11 Å². The highest BCUT2D eigenvalue weighted by Gasteiger charge is 2.29. The van der Waals surface area contributed by atoms with Crippen molar-refractivity contribution in [1.82, 2.24) is 0 Å². The molecule has 0 amide bonds. The molecule has 156 valence electrons. The number of rotatable bonds is 7. The van der Waals surface area contributed by atoms with E-state index >= 15 is 0 Å². The number of phenolic OH excluding ortho intramolecular Hbond substituents is 1. The molecule has 2 aromatic rings. The van der Waals surface area contributed by atoms with Crippen LogP contribution in [-0.4, -0.2) is 24.3 Å². The SMILES string of the molecule is CCC(CC)Oc1cc(O)c(C(=O)OC)c(C=Cc2ccc(C(F)(F)F)cc2)c1. The summed E-state index contributed by atoms with van der Waals surface area (Å²) in [5.41, 5.74) is 0.0352. The van der Waals surface area contributed by atoms with Gasteiger partial charge in [-0.15, -0.1) is 0 Å². The highest BCUT2D eigenvalue weighted by Crippen LogP contribution is 2.32. The van der Waals surface area contributed by atoms with E-state index in [1.807, 2.05) is 13.8 Å². The van der Waals surface area contributed by atoms with Gasteiger partial charge in [0, 0.05) is 6.07 Å². The maximum atomic E-state index is 12.7. The van der Waals surface area contributed by atoms with Crippen LogP contribution in [0.2, 0.25) is 0 Å². The molecular weight excluding hydrogens is 385 g/mol. The molecule has 0 unspecified atom stereocenters. The molecule has 0 aromatic heterocycles. The Kier molecular flexibility index (Phi) is 7.31. The Morgan fingerprint density at radius 2 is 1.72 bits per heavy atom. The summed E-state index contributed by atoms with van der Waals surface area (Å²) >= 11 is 0. The molecule has 0 bridgehead atoms. The van der Waals surface area contributed by atoms with E-state index in [1.165, 1.54) is 31.4 Å². The van der Waals surface area contributed by atoms with Gasteiger partial charge in [0.15, 0.2) is 0 Å². The van der Waals surface area contributed by atoms with E-state index in [4.69, 9.17) is 9.47 Å². The monoisotopic (exact) mass is 408 g/mol. The number of benzene rings is 2. The summed E-state index contributed by atoms with van der Waals surface area (Å²) in [6, 6.07) is 7.53. The van der Waals surface area contributed by atoms with E-state index in [9.17, 15) is 23.1 Å². The second-order valence-corrected chi connectivity index (χ2v) is 6.41. The number of esters is 1. The Hall–Kier alpha value is -2.96. The predicted octanol–water partition coefficient (Wildman–Crippen LogP) is 5.94. The molecule has 0 saturated carbocycles. The smallest absolute Gasteiger partial charge is 0.416 e. The fraction of sp³-hybridized carbons (Fsp3) is 0.318. The van der Waals surface area contributed by atoms with Crippen molar-refractivity contribution in [2.24, 2.45) is 0 Å². The summed E-state index contributed by atoms with van der Waals surface area (Å²) in [5, 5.41) is 10.3. The number of halogens is 3. The molecule has 1 N–H and O–H groups in total. The predicted molar refractivity (Wildman–Crippen MR) is 105 cm³/mol. The molecule has 0 aliphatic carbocycles. The minimum atomic E-state index is -4.41. The Morgan fingerprint density at radius 1 is 1.10 bits per heavy atom. The van der Waals surface area contributed by atoms with E-state index in [2.05, 4.69) is 0 Å². The topological polar surface area (TPSA) is 55.8 Å². The number of carbonyl (C=O) groups excluding carboxylic acids is 1. The highest BCUT2D eigenvalue weighted by molar-refractivity contribution is 5.98. The van der Waals surface area contributed by atoms with Gasteiger partial charge in [-0.25, -0.2) is 4.79 Å². The average molecular weight is 408 g/mol. The summed E-state index contributed by atoms with van der Waals surface area (Å²) in [7, 11) is 1.19. The van der Waals surface area contributed by atoms with E-state index in [1.54, 1.807) is 12.1 Å². The first-order valence-electron chi connectivity index (χ1n) is 9.16. The van der Waals surface area contributed by atoms with Crippen LogP contribution in [0.5, 0.6) is 11.5 Å². The molecular formula is C22H23F3O4. The second-order valence-electron chi connectivity index (χ2n) is 6.41. The van der Waals surface area contributed by atoms with E-state index in [-0.39, 0.29) is 17.4 Å². The van der Waals surface area contributed by atoms with Crippen LogP contribution in [-0.2, 0) is 10.9 Å². The summed E-state index contributed by atoms with van der Waals surface area (Å²) in [5.74, 6) is -0.646. The molecule has 0 fully saturated rings. The molecule has 4 nitrogen and oxygen atoms in total. The minimum Gasteiger partial charge on any atom is -0.507 e. The second kappa shape index (κ2) is 9.49. The number of phenols is 1. The number of ether oxygens (including phenoxy) is 2. The number of methoxy groups -OCH3 is 1. The molecule has 29 heavy (non-hydrogen) atoms. The van der Waals surface area contributed by atoms with Gasteiger partial charge in [0.2, 0.25) is 0 Å². The molecule has 0 atom stereocenters. The first-order chi connectivity index (χ1) is 13.7. The van der Waals surface area contributed by atoms with Crippen LogP contribution in [0.25, 0.3) is 12.2 Å². The lowest BCUT2D eigenvalue weighted by atomic mass is 10.0. The molecule has 2 aromatic carbocycles. The van der Waals surface area contributed by atoms with Gasteiger partial charge in [-0.3, -0.25) is 0 Å².